The van der Waals surface area contributed by atoms with Crippen molar-refractivity contribution in [2.24, 2.45) is 0 Å². The van der Waals surface area contributed by atoms with E-state index in [0.29, 0.717) is 12.4 Å². The summed E-state index contributed by atoms with van der Waals surface area (Å²) in [7, 11) is 0. The third-order valence-corrected chi connectivity index (χ3v) is 3.96. The second-order valence-electron chi connectivity index (χ2n) is 6.12. The molecule has 2 aromatic rings. The predicted octanol–water partition coefficient (Wildman–Crippen LogP) is 4.95. The van der Waals surface area contributed by atoms with Gasteiger partial charge in [-0.25, -0.2) is 0 Å². The van der Waals surface area contributed by atoms with E-state index < -0.39 is 0 Å². The Morgan fingerprint density at radius 3 is 2.24 bits per heavy atom. The molecule has 0 fully saturated rings. The van der Waals surface area contributed by atoms with Gasteiger partial charge in [0.2, 0.25) is 0 Å². The molecule has 0 saturated carbocycles. The van der Waals surface area contributed by atoms with Gasteiger partial charge in [-0.15, -0.1) is 0 Å². The Kier molecular flexibility index (Phi) is 7.48. The monoisotopic (exact) mass is 342 g/mol. The lowest BCUT2D eigenvalue weighted by Crippen LogP contribution is -2.15. The average Bonchev–Trinajstić information content (AvgIpc) is 2.61. The van der Waals surface area contributed by atoms with Gasteiger partial charge >= 0.3 is 5.97 Å². The second-order valence-corrected chi connectivity index (χ2v) is 6.12. The molecular formula is C21H26O4. The molecule has 0 aliphatic carbocycles. The molecule has 0 bridgehead atoms. The molecule has 4 heteroatoms. The maximum atomic E-state index is 11.9. The van der Waals surface area contributed by atoms with Crippen molar-refractivity contribution in [3.05, 3.63) is 48.5 Å². The minimum absolute atomic E-state index is 0.178. The van der Waals surface area contributed by atoms with Crippen molar-refractivity contribution in [1.82, 2.24) is 0 Å². The lowest BCUT2D eigenvalue weighted by atomic mass is 10.1. The summed E-state index contributed by atoms with van der Waals surface area (Å²) in [4.78, 5) is 11.9. The molecule has 0 radical (unpaired) electrons. The Labute approximate surface area is 149 Å². The number of unbranched alkanes of at least 4 members (excludes halogenated alkanes) is 1. The summed E-state index contributed by atoms with van der Waals surface area (Å²) in [6.45, 7) is 4.56. The van der Waals surface area contributed by atoms with Crippen LogP contribution in [0.3, 0.4) is 0 Å². The van der Waals surface area contributed by atoms with Crippen LogP contribution >= 0.6 is 0 Å². The molecule has 2 aromatic carbocycles. The van der Waals surface area contributed by atoms with Crippen molar-refractivity contribution in [3.63, 3.8) is 0 Å². The van der Waals surface area contributed by atoms with Crippen LogP contribution in [0, 0.1) is 0 Å². The molecule has 0 spiro atoms. The largest absolute Gasteiger partial charge is 0.508 e. The van der Waals surface area contributed by atoms with E-state index in [1.807, 2.05) is 31.2 Å². The van der Waals surface area contributed by atoms with Gasteiger partial charge in [-0.05, 0) is 48.7 Å². The second kappa shape index (κ2) is 9.84. The quantitative estimate of drug-likeness (QED) is 0.517. The number of benzene rings is 2. The van der Waals surface area contributed by atoms with Crippen LogP contribution in [0.25, 0.3) is 11.1 Å². The van der Waals surface area contributed by atoms with Crippen LogP contribution in [0.2, 0.25) is 0 Å². The maximum absolute atomic E-state index is 11.9. The Bertz CT molecular complexity index is 647. The van der Waals surface area contributed by atoms with Gasteiger partial charge in [-0.1, -0.05) is 44.0 Å². The molecule has 4 nitrogen and oxygen atoms in total. The van der Waals surface area contributed by atoms with Gasteiger partial charge < -0.3 is 14.6 Å². The van der Waals surface area contributed by atoms with Crippen molar-refractivity contribution < 1.29 is 19.4 Å². The van der Waals surface area contributed by atoms with Crippen molar-refractivity contribution in [2.45, 2.75) is 45.6 Å². The third-order valence-electron chi connectivity index (χ3n) is 3.96. The zero-order chi connectivity index (χ0) is 18.1. The smallest absolute Gasteiger partial charge is 0.313 e. The number of aromatic hydroxyl groups is 1. The zero-order valence-electron chi connectivity index (χ0n) is 14.9. The minimum Gasteiger partial charge on any atom is -0.508 e. The summed E-state index contributed by atoms with van der Waals surface area (Å²) in [5, 5.41) is 9.33. The lowest BCUT2D eigenvalue weighted by Gasteiger charge is -2.12. The molecule has 0 saturated heterocycles. The zero-order valence-corrected chi connectivity index (χ0v) is 14.9. The lowest BCUT2D eigenvalue weighted by molar-refractivity contribution is -0.136. The van der Waals surface area contributed by atoms with Crippen LogP contribution in [0.5, 0.6) is 11.5 Å². The van der Waals surface area contributed by atoms with Gasteiger partial charge in [-0.3, -0.25) is 4.79 Å². The summed E-state index contributed by atoms with van der Waals surface area (Å²) in [5.74, 6) is 0.465. The molecule has 25 heavy (non-hydrogen) atoms. The number of phenols is 1. The van der Waals surface area contributed by atoms with E-state index in [9.17, 15) is 9.90 Å². The van der Waals surface area contributed by atoms with Crippen molar-refractivity contribution in [3.8, 4) is 22.6 Å². The summed E-state index contributed by atoms with van der Waals surface area (Å²) in [5.41, 5.74) is 1.98. The van der Waals surface area contributed by atoms with Gasteiger partial charge in [-0.2, -0.15) is 0 Å². The molecule has 1 N–H and O–H groups in total. The topological polar surface area (TPSA) is 55.8 Å². The number of carbonyl (C=O) groups excluding carboxylic acids is 1. The first kappa shape index (κ1) is 19.0. The van der Waals surface area contributed by atoms with E-state index in [0.717, 1.165) is 30.4 Å². The molecule has 2 rings (SSSR count). The van der Waals surface area contributed by atoms with Gasteiger partial charge in [0.1, 0.15) is 11.5 Å². The highest BCUT2D eigenvalue weighted by molar-refractivity contribution is 5.73. The number of hydrogen-bond acceptors (Lipinski definition) is 4. The third kappa shape index (κ3) is 6.59. The first-order valence-corrected chi connectivity index (χ1v) is 8.80. The summed E-state index contributed by atoms with van der Waals surface area (Å²) < 4.78 is 10.9. The van der Waals surface area contributed by atoms with Gasteiger partial charge in [0.15, 0.2) is 0 Å². The van der Waals surface area contributed by atoms with Crippen LogP contribution in [0.4, 0.5) is 0 Å². The Hall–Kier alpha value is -2.33. The summed E-state index contributed by atoms with van der Waals surface area (Å²) in [6, 6.07) is 14.3. The Balaban J connectivity index is 1.78. The fourth-order valence-electron chi connectivity index (χ4n) is 2.47. The standard InChI is InChI=1S/C21H26O4/c1-3-4-5-16(2)24-15-14-21(23)25-20-12-8-18(9-13-20)17-6-10-19(22)11-7-17/h6-13,16,22H,3-5,14-15H2,1-2H3/t16-/m1/s1. The van der Waals surface area contributed by atoms with Crippen LogP contribution < -0.4 is 4.74 Å². The van der Waals surface area contributed by atoms with Crippen molar-refractivity contribution in [1.29, 1.82) is 0 Å². The van der Waals surface area contributed by atoms with Crippen molar-refractivity contribution >= 4 is 5.97 Å². The fraction of sp³-hybridized carbons (Fsp3) is 0.381. The Morgan fingerprint density at radius 1 is 1.04 bits per heavy atom. The van der Waals surface area contributed by atoms with Crippen molar-refractivity contribution in [2.75, 3.05) is 6.61 Å². The normalized spacial score (nSPS) is 11.9. The number of carbonyl (C=O) groups is 1. The van der Waals surface area contributed by atoms with Crippen LogP contribution in [0.1, 0.15) is 39.5 Å². The van der Waals surface area contributed by atoms with Crippen LogP contribution in [0.15, 0.2) is 48.5 Å². The molecule has 134 valence electrons. The maximum Gasteiger partial charge on any atom is 0.313 e. The molecule has 0 heterocycles. The molecule has 1 atom stereocenters. The number of hydrogen-bond donors (Lipinski definition) is 1. The van der Waals surface area contributed by atoms with E-state index in [2.05, 4.69) is 6.92 Å². The highest BCUT2D eigenvalue weighted by Crippen LogP contribution is 2.24. The number of rotatable bonds is 9. The molecule has 0 aliphatic rings. The summed E-state index contributed by atoms with van der Waals surface area (Å²) >= 11 is 0. The van der Waals surface area contributed by atoms with Gasteiger partial charge in [0, 0.05) is 0 Å². The van der Waals surface area contributed by atoms with E-state index >= 15 is 0 Å². The minimum atomic E-state index is -0.292. The molecule has 0 unspecified atom stereocenters. The van der Waals surface area contributed by atoms with Gasteiger partial charge in [0.05, 0.1) is 19.1 Å². The predicted molar refractivity (Wildman–Crippen MR) is 98.7 cm³/mol. The van der Waals surface area contributed by atoms with Gasteiger partial charge in [0.25, 0.3) is 0 Å². The summed E-state index contributed by atoms with van der Waals surface area (Å²) in [6.07, 6.45) is 3.73. The Morgan fingerprint density at radius 2 is 1.64 bits per heavy atom. The first-order valence-electron chi connectivity index (χ1n) is 8.80. The van der Waals surface area contributed by atoms with E-state index in [-0.39, 0.29) is 24.2 Å². The number of phenolic OH excluding ortho intramolecular Hbond substituents is 1. The van der Waals surface area contributed by atoms with E-state index in [1.165, 1.54) is 0 Å². The number of ether oxygens (including phenoxy) is 2. The van der Waals surface area contributed by atoms with E-state index in [1.54, 1.807) is 24.3 Å². The highest BCUT2D eigenvalue weighted by atomic mass is 16.5. The molecule has 0 aliphatic heterocycles. The van der Waals surface area contributed by atoms with Crippen LogP contribution in [-0.4, -0.2) is 23.8 Å². The van der Waals surface area contributed by atoms with Crippen LogP contribution in [-0.2, 0) is 9.53 Å². The van der Waals surface area contributed by atoms with E-state index in [4.69, 9.17) is 9.47 Å². The molecular weight excluding hydrogens is 316 g/mol. The first-order chi connectivity index (χ1) is 12.1. The molecule has 0 amide bonds. The average molecular weight is 342 g/mol. The number of esters is 1. The SMILES string of the molecule is CCCC[C@@H](C)OCCC(=O)Oc1ccc(-c2ccc(O)cc2)cc1. The highest BCUT2D eigenvalue weighted by Gasteiger charge is 2.08. The molecule has 0 aromatic heterocycles. The fourth-order valence-corrected chi connectivity index (χ4v) is 2.47.